The van der Waals surface area contributed by atoms with Crippen molar-refractivity contribution < 1.29 is 9.53 Å². The Labute approximate surface area is 110 Å². The molecule has 0 saturated carbocycles. The molecule has 0 unspecified atom stereocenters. The Balaban J connectivity index is 2.51. The second-order valence-corrected chi connectivity index (χ2v) is 5.45. The van der Waals surface area contributed by atoms with Gasteiger partial charge in [-0.25, -0.2) is 9.50 Å². The number of ether oxygens (including phenoxy) is 1. The fourth-order valence-electron chi connectivity index (χ4n) is 1.74. The average molecular weight is 263 g/mol. The molecule has 2 aromatic rings. The Morgan fingerprint density at radius 2 is 2.11 bits per heavy atom. The Bertz CT molecular complexity index is 676. The van der Waals surface area contributed by atoms with E-state index in [9.17, 15) is 9.59 Å². The lowest BCUT2D eigenvalue weighted by molar-refractivity contribution is -0.139. The minimum Gasteiger partial charge on any atom is -0.469 e. The van der Waals surface area contributed by atoms with Gasteiger partial charge in [-0.15, -0.1) is 0 Å². The Hall–Kier alpha value is -2.11. The molecule has 0 aliphatic rings. The summed E-state index contributed by atoms with van der Waals surface area (Å²) in [7, 11) is 1.31. The molecule has 0 fully saturated rings. The van der Waals surface area contributed by atoms with Crippen molar-refractivity contribution in [1.82, 2.24) is 14.6 Å². The van der Waals surface area contributed by atoms with E-state index >= 15 is 0 Å². The number of nitrogens with zero attached hydrogens (tertiary/aromatic N) is 2. The molecule has 0 amide bonds. The van der Waals surface area contributed by atoms with Crippen LogP contribution < -0.4 is 5.56 Å². The number of aromatic amines is 1. The van der Waals surface area contributed by atoms with Crippen LogP contribution in [0.2, 0.25) is 0 Å². The first-order valence-electron chi connectivity index (χ1n) is 6.00. The summed E-state index contributed by atoms with van der Waals surface area (Å²) in [5.74, 6) is -0.414. The van der Waals surface area contributed by atoms with Gasteiger partial charge in [-0.05, 0) is 0 Å². The lowest BCUT2D eigenvalue weighted by atomic mass is 9.93. The fraction of sp³-hybridized carbons (Fsp3) is 0.462. The monoisotopic (exact) mass is 263 g/mol. The molecule has 2 aromatic heterocycles. The molecular weight excluding hydrogens is 246 g/mol. The molecule has 6 heteroatoms. The van der Waals surface area contributed by atoms with Gasteiger partial charge in [0.2, 0.25) is 0 Å². The quantitative estimate of drug-likeness (QED) is 0.821. The molecule has 0 aliphatic heterocycles. The molecule has 0 atom stereocenters. The van der Waals surface area contributed by atoms with Gasteiger partial charge < -0.3 is 4.74 Å². The number of methoxy groups -OCH3 is 1. The van der Waals surface area contributed by atoms with Crippen LogP contribution in [0, 0.1) is 0 Å². The van der Waals surface area contributed by atoms with Gasteiger partial charge in [-0.2, -0.15) is 0 Å². The maximum Gasteiger partial charge on any atom is 0.311 e. The molecule has 0 saturated heterocycles. The van der Waals surface area contributed by atoms with Gasteiger partial charge in [0.15, 0.2) is 5.65 Å². The zero-order valence-electron chi connectivity index (χ0n) is 11.5. The van der Waals surface area contributed by atoms with Crippen LogP contribution in [0.15, 0.2) is 16.9 Å². The average Bonchev–Trinajstić information content (AvgIpc) is 2.73. The van der Waals surface area contributed by atoms with Gasteiger partial charge in [0.1, 0.15) is 0 Å². The van der Waals surface area contributed by atoms with Crippen molar-refractivity contribution in [3.05, 3.63) is 33.9 Å². The molecule has 2 heterocycles. The predicted octanol–water partition coefficient (Wildman–Crippen LogP) is 1.04. The largest absolute Gasteiger partial charge is 0.469 e. The van der Waals surface area contributed by atoms with Gasteiger partial charge >= 0.3 is 5.97 Å². The van der Waals surface area contributed by atoms with E-state index in [1.807, 2.05) is 26.8 Å². The number of H-pyrrole nitrogens is 1. The third-order valence-corrected chi connectivity index (χ3v) is 2.86. The molecule has 0 radical (unpaired) electrons. The first-order valence-corrected chi connectivity index (χ1v) is 6.00. The number of esters is 1. The normalized spacial score (nSPS) is 11.8. The fourth-order valence-corrected chi connectivity index (χ4v) is 1.74. The summed E-state index contributed by atoms with van der Waals surface area (Å²) in [6, 6.07) is 3.16. The predicted molar refractivity (Wildman–Crippen MR) is 70.2 cm³/mol. The van der Waals surface area contributed by atoms with E-state index in [1.165, 1.54) is 17.7 Å². The van der Waals surface area contributed by atoms with Crippen LogP contribution in [0.25, 0.3) is 5.65 Å². The van der Waals surface area contributed by atoms with Crippen LogP contribution in [0.1, 0.15) is 32.2 Å². The molecule has 0 aliphatic carbocycles. The maximum atomic E-state index is 11.9. The minimum absolute atomic E-state index is 0.00172. The van der Waals surface area contributed by atoms with E-state index in [2.05, 4.69) is 14.8 Å². The SMILES string of the molecule is COC(=O)Cc1cc(=O)n2[nH]c(C(C)(C)C)cc2n1. The third-order valence-electron chi connectivity index (χ3n) is 2.86. The zero-order chi connectivity index (χ0) is 14.2. The molecule has 1 N–H and O–H groups in total. The van der Waals surface area contributed by atoms with Crippen molar-refractivity contribution in [1.29, 1.82) is 0 Å². The Morgan fingerprint density at radius 3 is 2.68 bits per heavy atom. The minimum atomic E-state index is -0.414. The number of rotatable bonds is 2. The van der Waals surface area contributed by atoms with E-state index in [4.69, 9.17) is 0 Å². The zero-order valence-corrected chi connectivity index (χ0v) is 11.5. The van der Waals surface area contributed by atoms with Gasteiger partial charge in [-0.3, -0.25) is 14.7 Å². The van der Waals surface area contributed by atoms with E-state index in [0.717, 1.165) is 5.69 Å². The van der Waals surface area contributed by atoms with E-state index in [0.29, 0.717) is 11.3 Å². The molecule has 0 spiro atoms. The van der Waals surface area contributed by atoms with Crippen molar-refractivity contribution in [2.45, 2.75) is 32.6 Å². The first-order chi connectivity index (χ1) is 8.81. The van der Waals surface area contributed by atoms with Crippen LogP contribution in [0.4, 0.5) is 0 Å². The van der Waals surface area contributed by atoms with Gasteiger partial charge in [-0.1, -0.05) is 20.8 Å². The summed E-state index contributed by atoms with van der Waals surface area (Å²) >= 11 is 0. The van der Waals surface area contributed by atoms with Crippen molar-refractivity contribution in [3.8, 4) is 0 Å². The number of fused-ring (bicyclic) bond motifs is 1. The van der Waals surface area contributed by atoms with E-state index in [-0.39, 0.29) is 17.4 Å². The number of carbonyl (C=O) groups excluding carboxylic acids is 1. The van der Waals surface area contributed by atoms with Crippen molar-refractivity contribution >= 4 is 11.6 Å². The van der Waals surface area contributed by atoms with Crippen LogP contribution in [-0.4, -0.2) is 27.7 Å². The number of carbonyl (C=O) groups is 1. The molecule has 0 bridgehead atoms. The summed E-state index contributed by atoms with van der Waals surface area (Å²) in [5, 5.41) is 3.02. The standard InChI is InChI=1S/C13H17N3O3/c1-13(2,3)9-7-10-14-8(6-12(18)19-4)5-11(17)16(10)15-9/h5,7,15H,6H2,1-4H3. The second kappa shape index (κ2) is 4.53. The number of hydrogen-bond acceptors (Lipinski definition) is 4. The van der Waals surface area contributed by atoms with Crippen molar-refractivity contribution in [2.24, 2.45) is 0 Å². The number of hydrogen-bond donors (Lipinski definition) is 1. The summed E-state index contributed by atoms with van der Waals surface area (Å²) in [5.41, 5.74) is 1.49. The molecular formula is C13H17N3O3. The van der Waals surface area contributed by atoms with Gasteiger partial charge in [0.25, 0.3) is 5.56 Å². The second-order valence-electron chi connectivity index (χ2n) is 5.45. The highest BCUT2D eigenvalue weighted by molar-refractivity contribution is 5.71. The summed E-state index contributed by atoms with van der Waals surface area (Å²) in [6.45, 7) is 6.12. The summed E-state index contributed by atoms with van der Waals surface area (Å²) in [6.07, 6.45) is -0.00172. The number of aromatic nitrogens is 3. The van der Waals surface area contributed by atoms with Gasteiger partial charge in [0, 0.05) is 23.2 Å². The van der Waals surface area contributed by atoms with Crippen LogP contribution in [-0.2, 0) is 21.4 Å². The molecule has 0 aromatic carbocycles. The van der Waals surface area contributed by atoms with Crippen LogP contribution in [0.3, 0.4) is 0 Å². The highest BCUT2D eigenvalue weighted by atomic mass is 16.5. The lowest BCUT2D eigenvalue weighted by Crippen LogP contribution is -2.18. The van der Waals surface area contributed by atoms with E-state index in [1.54, 1.807) is 0 Å². The Kier molecular flexibility index (Phi) is 3.18. The van der Waals surface area contributed by atoms with Crippen molar-refractivity contribution in [2.75, 3.05) is 7.11 Å². The highest BCUT2D eigenvalue weighted by Crippen LogP contribution is 2.20. The highest BCUT2D eigenvalue weighted by Gasteiger charge is 2.18. The van der Waals surface area contributed by atoms with Gasteiger partial charge in [0.05, 0.1) is 19.2 Å². The van der Waals surface area contributed by atoms with Crippen LogP contribution in [0.5, 0.6) is 0 Å². The maximum absolute atomic E-state index is 11.9. The van der Waals surface area contributed by atoms with E-state index < -0.39 is 5.97 Å². The Morgan fingerprint density at radius 1 is 1.42 bits per heavy atom. The number of nitrogens with one attached hydrogen (secondary N) is 1. The first kappa shape index (κ1) is 13.3. The summed E-state index contributed by atoms with van der Waals surface area (Å²) in [4.78, 5) is 27.5. The molecule has 2 rings (SSSR count). The lowest BCUT2D eigenvalue weighted by Gasteiger charge is -2.14. The van der Waals surface area contributed by atoms with Crippen molar-refractivity contribution in [3.63, 3.8) is 0 Å². The van der Waals surface area contributed by atoms with Crippen LogP contribution >= 0.6 is 0 Å². The molecule has 102 valence electrons. The molecule has 19 heavy (non-hydrogen) atoms. The summed E-state index contributed by atoms with van der Waals surface area (Å²) < 4.78 is 5.95. The third kappa shape index (κ3) is 2.67. The topological polar surface area (TPSA) is 76.5 Å². The molecule has 6 nitrogen and oxygen atoms in total. The smallest absolute Gasteiger partial charge is 0.311 e.